The van der Waals surface area contributed by atoms with E-state index >= 15 is 0 Å². The van der Waals surface area contributed by atoms with Crippen LogP contribution in [0.15, 0.2) is 30.3 Å². The molecule has 5 nitrogen and oxygen atoms in total. The van der Waals surface area contributed by atoms with E-state index in [1.54, 1.807) is 0 Å². The number of carbonyl (C=O) groups excluding carboxylic acids is 1. The number of piperidine rings is 1. The minimum absolute atomic E-state index is 0.000506. The van der Waals surface area contributed by atoms with Gasteiger partial charge >= 0.3 is 6.03 Å². The van der Waals surface area contributed by atoms with Gasteiger partial charge in [0.15, 0.2) is 0 Å². The summed E-state index contributed by atoms with van der Waals surface area (Å²) in [6, 6.07) is 10.1. The maximum absolute atomic E-state index is 12.2. The van der Waals surface area contributed by atoms with Crippen LogP contribution >= 0.6 is 0 Å². The number of rotatable bonds is 8. The van der Waals surface area contributed by atoms with Crippen LogP contribution in [0.5, 0.6) is 0 Å². The van der Waals surface area contributed by atoms with Crippen LogP contribution in [-0.4, -0.2) is 54.5 Å². The predicted molar refractivity (Wildman–Crippen MR) is 99.6 cm³/mol. The fourth-order valence-corrected chi connectivity index (χ4v) is 3.21. The quantitative estimate of drug-likeness (QED) is 0.710. The highest BCUT2D eigenvalue weighted by Crippen LogP contribution is 2.23. The van der Waals surface area contributed by atoms with Crippen molar-refractivity contribution < 1.29 is 14.6 Å². The summed E-state index contributed by atoms with van der Waals surface area (Å²) >= 11 is 0. The second kappa shape index (κ2) is 10.4. The first-order valence-electron chi connectivity index (χ1n) is 9.42. The molecule has 2 rings (SSSR count). The minimum Gasteiger partial charge on any atom is -0.392 e. The molecular formula is C20H32N2O3. The molecule has 1 aromatic rings. The summed E-state index contributed by atoms with van der Waals surface area (Å²) < 4.78 is 5.47. The van der Waals surface area contributed by atoms with E-state index in [0.717, 1.165) is 19.3 Å². The lowest BCUT2D eigenvalue weighted by Crippen LogP contribution is -2.46. The lowest BCUT2D eigenvalue weighted by molar-refractivity contribution is 0.0661. The van der Waals surface area contributed by atoms with Gasteiger partial charge in [-0.1, -0.05) is 30.3 Å². The van der Waals surface area contributed by atoms with Gasteiger partial charge in [-0.25, -0.2) is 4.79 Å². The van der Waals surface area contributed by atoms with Crippen LogP contribution in [0.3, 0.4) is 0 Å². The lowest BCUT2D eigenvalue weighted by atomic mass is 9.88. The van der Waals surface area contributed by atoms with Gasteiger partial charge in [-0.3, -0.25) is 0 Å². The fraction of sp³-hybridized carbons (Fsp3) is 0.650. The van der Waals surface area contributed by atoms with Crippen LogP contribution in [0.25, 0.3) is 0 Å². The van der Waals surface area contributed by atoms with Crippen molar-refractivity contribution >= 4 is 6.03 Å². The average Bonchev–Trinajstić information content (AvgIpc) is 2.62. The van der Waals surface area contributed by atoms with Crippen molar-refractivity contribution in [2.24, 2.45) is 5.92 Å². The number of amides is 2. The fourth-order valence-electron chi connectivity index (χ4n) is 3.21. The van der Waals surface area contributed by atoms with Crippen LogP contribution in [0.4, 0.5) is 4.79 Å². The number of aliphatic hydroxyl groups is 1. The summed E-state index contributed by atoms with van der Waals surface area (Å²) in [4.78, 5) is 14.0. The van der Waals surface area contributed by atoms with Gasteiger partial charge in [0, 0.05) is 26.2 Å². The van der Waals surface area contributed by atoms with Gasteiger partial charge in [-0.15, -0.1) is 0 Å². The minimum atomic E-state index is -0.333. The number of nitrogens with one attached hydrogen (secondary N) is 1. The highest BCUT2D eigenvalue weighted by molar-refractivity contribution is 5.74. The maximum atomic E-state index is 12.2. The van der Waals surface area contributed by atoms with Crippen molar-refractivity contribution in [1.82, 2.24) is 10.2 Å². The van der Waals surface area contributed by atoms with Crippen molar-refractivity contribution in [1.29, 1.82) is 0 Å². The molecule has 1 aliphatic heterocycles. The molecule has 1 heterocycles. The van der Waals surface area contributed by atoms with Gasteiger partial charge in [0.2, 0.25) is 0 Å². The Kier molecular flexibility index (Phi) is 8.22. The number of aliphatic hydroxyl groups excluding tert-OH is 1. The van der Waals surface area contributed by atoms with E-state index in [1.165, 1.54) is 5.56 Å². The number of carbonyl (C=O) groups is 1. The first-order valence-corrected chi connectivity index (χ1v) is 9.42. The Labute approximate surface area is 151 Å². The van der Waals surface area contributed by atoms with Gasteiger partial charge in [-0.2, -0.15) is 0 Å². The average molecular weight is 348 g/mol. The number of likely N-dealkylation sites (tertiary alicyclic amines) is 1. The molecule has 1 aromatic carbocycles. The van der Waals surface area contributed by atoms with Crippen molar-refractivity contribution in [3.8, 4) is 0 Å². The van der Waals surface area contributed by atoms with E-state index in [9.17, 15) is 9.90 Å². The van der Waals surface area contributed by atoms with Crippen LogP contribution in [0.1, 0.15) is 38.7 Å². The number of urea groups is 1. The molecule has 1 atom stereocenters. The van der Waals surface area contributed by atoms with E-state index in [2.05, 4.69) is 17.4 Å². The number of ether oxygens (including phenoxy) is 1. The molecule has 25 heavy (non-hydrogen) atoms. The molecule has 0 aliphatic carbocycles. The maximum Gasteiger partial charge on any atom is 0.317 e. The molecule has 1 saturated heterocycles. The van der Waals surface area contributed by atoms with E-state index in [0.29, 0.717) is 32.7 Å². The molecule has 0 radical (unpaired) electrons. The molecule has 0 bridgehead atoms. The third kappa shape index (κ3) is 7.04. The molecule has 0 spiro atoms. The molecule has 0 unspecified atom stereocenters. The van der Waals surface area contributed by atoms with Crippen molar-refractivity contribution in [2.45, 2.75) is 51.7 Å². The highest BCUT2D eigenvalue weighted by atomic mass is 16.5. The van der Waals surface area contributed by atoms with Crippen molar-refractivity contribution in [3.63, 3.8) is 0 Å². The summed E-state index contributed by atoms with van der Waals surface area (Å²) in [7, 11) is 0. The number of nitrogens with zero attached hydrogens (tertiary/aromatic N) is 1. The zero-order chi connectivity index (χ0) is 18.1. The standard InChI is InChI=1S/C20H32N2O3/c1-16(2)25-14-6-11-21-20(24)22-12-9-18(10-13-22)19(23)15-17-7-4-3-5-8-17/h3-5,7-8,16,18-19,23H,6,9-15H2,1-2H3,(H,21,24)/t19-/m0/s1. The topological polar surface area (TPSA) is 61.8 Å². The molecule has 0 saturated carbocycles. The summed E-state index contributed by atoms with van der Waals surface area (Å²) in [6.07, 6.45) is 3.14. The van der Waals surface area contributed by atoms with Gasteiger partial charge in [-0.05, 0) is 51.0 Å². The van der Waals surface area contributed by atoms with Crippen LogP contribution in [-0.2, 0) is 11.2 Å². The zero-order valence-electron chi connectivity index (χ0n) is 15.5. The molecule has 140 valence electrons. The van der Waals surface area contributed by atoms with E-state index < -0.39 is 0 Å². The van der Waals surface area contributed by atoms with E-state index in [1.807, 2.05) is 36.9 Å². The third-order valence-corrected chi connectivity index (χ3v) is 4.71. The number of hydrogen-bond acceptors (Lipinski definition) is 3. The molecule has 1 fully saturated rings. The Balaban J connectivity index is 1.64. The predicted octanol–water partition coefficient (Wildman–Crippen LogP) is 2.83. The van der Waals surface area contributed by atoms with Gasteiger partial charge < -0.3 is 20.1 Å². The second-order valence-electron chi connectivity index (χ2n) is 7.09. The third-order valence-electron chi connectivity index (χ3n) is 4.71. The smallest absolute Gasteiger partial charge is 0.317 e. The SMILES string of the molecule is CC(C)OCCCNC(=O)N1CCC([C@@H](O)Cc2ccccc2)CC1. The molecule has 5 heteroatoms. The normalized spacial score (nSPS) is 16.9. The monoisotopic (exact) mass is 348 g/mol. The summed E-state index contributed by atoms with van der Waals surface area (Å²) in [5.74, 6) is 0.267. The molecule has 1 aliphatic rings. The first kappa shape index (κ1) is 19.7. The first-order chi connectivity index (χ1) is 12.1. The van der Waals surface area contributed by atoms with Crippen LogP contribution < -0.4 is 5.32 Å². The Bertz CT molecular complexity index is 499. The molecular weight excluding hydrogens is 316 g/mol. The largest absolute Gasteiger partial charge is 0.392 e. The summed E-state index contributed by atoms with van der Waals surface area (Å²) in [5.41, 5.74) is 1.17. The summed E-state index contributed by atoms with van der Waals surface area (Å²) in [6.45, 7) is 6.76. The number of benzene rings is 1. The Morgan fingerprint density at radius 3 is 2.60 bits per heavy atom. The lowest BCUT2D eigenvalue weighted by Gasteiger charge is -2.34. The highest BCUT2D eigenvalue weighted by Gasteiger charge is 2.27. The molecule has 2 amide bonds. The van der Waals surface area contributed by atoms with Crippen LogP contribution in [0, 0.1) is 5.92 Å². The van der Waals surface area contributed by atoms with E-state index in [4.69, 9.17) is 4.74 Å². The Morgan fingerprint density at radius 2 is 1.96 bits per heavy atom. The van der Waals surface area contributed by atoms with Gasteiger partial charge in [0.05, 0.1) is 12.2 Å². The van der Waals surface area contributed by atoms with Gasteiger partial charge in [0.25, 0.3) is 0 Å². The van der Waals surface area contributed by atoms with Crippen molar-refractivity contribution in [3.05, 3.63) is 35.9 Å². The Hall–Kier alpha value is -1.59. The van der Waals surface area contributed by atoms with Crippen molar-refractivity contribution in [2.75, 3.05) is 26.2 Å². The second-order valence-corrected chi connectivity index (χ2v) is 7.09. The van der Waals surface area contributed by atoms with Gasteiger partial charge in [0.1, 0.15) is 0 Å². The summed E-state index contributed by atoms with van der Waals surface area (Å²) in [5, 5.41) is 13.4. The zero-order valence-corrected chi connectivity index (χ0v) is 15.5. The van der Waals surface area contributed by atoms with E-state index in [-0.39, 0.29) is 24.2 Å². The molecule has 2 N–H and O–H groups in total. The number of hydrogen-bond donors (Lipinski definition) is 2. The Morgan fingerprint density at radius 1 is 1.28 bits per heavy atom. The van der Waals surface area contributed by atoms with Crippen LogP contribution in [0.2, 0.25) is 0 Å². The molecule has 0 aromatic heterocycles.